The van der Waals surface area contributed by atoms with E-state index in [9.17, 15) is 4.79 Å². The van der Waals surface area contributed by atoms with E-state index in [1.807, 2.05) is 18.2 Å². The maximum Gasteiger partial charge on any atom is 0.251 e. The largest absolute Gasteiger partial charge is 0.352 e. The molecule has 3 rings (SSSR count). The second kappa shape index (κ2) is 3.10. The van der Waals surface area contributed by atoms with Crippen LogP contribution in [0, 0.1) is 0 Å². The van der Waals surface area contributed by atoms with Crippen LogP contribution in [0.1, 0.15) is 15.9 Å². The molecule has 2 aromatic rings. The fourth-order valence-corrected chi connectivity index (χ4v) is 2.72. The third-order valence-corrected chi connectivity index (χ3v) is 3.46. The minimum atomic E-state index is 0.0193. The monoisotopic (exact) mass is 264 g/mol. The van der Waals surface area contributed by atoms with Crippen LogP contribution in [0.3, 0.4) is 0 Å². The maximum absolute atomic E-state index is 11.8. The Morgan fingerprint density at radius 1 is 1.33 bits per heavy atom. The first-order chi connectivity index (χ1) is 7.27. The summed E-state index contributed by atoms with van der Waals surface area (Å²) in [7, 11) is 0. The van der Waals surface area contributed by atoms with Gasteiger partial charge in [0.1, 0.15) is 0 Å². The van der Waals surface area contributed by atoms with Crippen molar-refractivity contribution in [2.75, 3.05) is 6.54 Å². The van der Waals surface area contributed by atoms with Crippen molar-refractivity contribution in [2.24, 2.45) is 0 Å². The SMILES string of the molecule is O=C1NCCc2c(Br)[nH]c3cccc1c23. The van der Waals surface area contributed by atoms with Crippen molar-refractivity contribution in [3.05, 3.63) is 33.9 Å². The quantitative estimate of drug-likeness (QED) is 0.753. The van der Waals surface area contributed by atoms with Gasteiger partial charge in [0.15, 0.2) is 0 Å². The number of hydrogen-bond donors (Lipinski definition) is 2. The molecule has 4 heteroatoms. The summed E-state index contributed by atoms with van der Waals surface area (Å²) in [6, 6.07) is 5.76. The standard InChI is InChI=1S/C11H9BrN2O/c12-10-6-4-5-13-11(15)7-2-1-3-8(14-10)9(6)7/h1-3,14H,4-5H2,(H,13,15). The van der Waals surface area contributed by atoms with Crippen molar-refractivity contribution in [3.63, 3.8) is 0 Å². The predicted octanol–water partition coefficient (Wildman–Crippen LogP) is 2.22. The molecule has 0 bridgehead atoms. The van der Waals surface area contributed by atoms with Crippen LogP contribution in [0.4, 0.5) is 0 Å². The third kappa shape index (κ3) is 1.21. The number of carbonyl (C=O) groups is 1. The zero-order valence-corrected chi connectivity index (χ0v) is 9.52. The lowest BCUT2D eigenvalue weighted by Gasteiger charge is -2.00. The molecule has 1 aliphatic heterocycles. The normalized spacial score (nSPS) is 15.1. The van der Waals surface area contributed by atoms with E-state index >= 15 is 0 Å². The molecule has 0 unspecified atom stereocenters. The van der Waals surface area contributed by atoms with E-state index in [2.05, 4.69) is 26.2 Å². The zero-order chi connectivity index (χ0) is 10.4. The summed E-state index contributed by atoms with van der Waals surface area (Å²) in [6.07, 6.45) is 0.864. The third-order valence-electron chi connectivity index (χ3n) is 2.78. The van der Waals surface area contributed by atoms with E-state index in [0.29, 0.717) is 6.54 Å². The first-order valence-electron chi connectivity index (χ1n) is 4.84. The fraction of sp³-hybridized carbons (Fsp3) is 0.182. The van der Waals surface area contributed by atoms with Gasteiger partial charge in [-0.1, -0.05) is 6.07 Å². The molecule has 1 aromatic carbocycles. The van der Waals surface area contributed by atoms with Crippen LogP contribution in [-0.4, -0.2) is 17.4 Å². The number of nitrogens with one attached hydrogen (secondary N) is 2. The lowest BCUT2D eigenvalue weighted by Crippen LogP contribution is -2.23. The molecule has 0 spiro atoms. The minimum absolute atomic E-state index is 0.0193. The number of benzene rings is 1. The van der Waals surface area contributed by atoms with Gasteiger partial charge in [0.25, 0.3) is 5.91 Å². The summed E-state index contributed by atoms with van der Waals surface area (Å²) < 4.78 is 0.987. The Morgan fingerprint density at radius 2 is 2.20 bits per heavy atom. The molecule has 2 heterocycles. The molecule has 1 amide bonds. The first kappa shape index (κ1) is 8.97. The highest BCUT2D eigenvalue weighted by atomic mass is 79.9. The summed E-state index contributed by atoms with van der Waals surface area (Å²) >= 11 is 3.50. The van der Waals surface area contributed by atoms with Crippen molar-refractivity contribution >= 4 is 32.7 Å². The van der Waals surface area contributed by atoms with Crippen LogP contribution >= 0.6 is 15.9 Å². The van der Waals surface area contributed by atoms with Crippen LogP contribution in [0.2, 0.25) is 0 Å². The molecular weight excluding hydrogens is 256 g/mol. The Labute approximate surface area is 95.0 Å². The van der Waals surface area contributed by atoms with Crippen LogP contribution in [0.25, 0.3) is 10.9 Å². The van der Waals surface area contributed by atoms with Crippen LogP contribution in [0.15, 0.2) is 22.8 Å². The van der Waals surface area contributed by atoms with Gasteiger partial charge in [0, 0.05) is 23.0 Å². The van der Waals surface area contributed by atoms with Gasteiger partial charge in [-0.15, -0.1) is 0 Å². The average molecular weight is 265 g/mol. The number of aromatic amines is 1. The molecule has 2 N–H and O–H groups in total. The molecule has 0 saturated carbocycles. The lowest BCUT2D eigenvalue weighted by molar-refractivity contribution is 0.0957. The Hall–Kier alpha value is -1.29. The van der Waals surface area contributed by atoms with Gasteiger partial charge in [-0.05, 0) is 40.0 Å². The van der Waals surface area contributed by atoms with Gasteiger partial charge >= 0.3 is 0 Å². The number of carbonyl (C=O) groups excluding carboxylic acids is 1. The smallest absolute Gasteiger partial charge is 0.251 e. The summed E-state index contributed by atoms with van der Waals surface area (Å²) in [5, 5.41) is 3.95. The molecule has 0 radical (unpaired) electrons. The molecule has 1 aromatic heterocycles. The molecule has 0 atom stereocenters. The number of H-pyrrole nitrogens is 1. The van der Waals surface area contributed by atoms with E-state index in [-0.39, 0.29) is 5.91 Å². The van der Waals surface area contributed by atoms with Gasteiger partial charge < -0.3 is 10.3 Å². The predicted molar refractivity (Wildman–Crippen MR) is 62.0 cm³/mol. The number of halogens is 1. The Bertz CT molecular complexity index is 559. The van der Waals surface area contributed by atoms with E-state index in [1.54, 1.807) is 0 Å². The topological polar surface area (TPSA) is 44.9 Å². The highest BCUT2D eigenvalue weighted by molar-refractivity contribution is 9.10. The Morgan fingerprint density at radius 3 is 3.07 bits per heavy atom. The van der Waals surface area contributed by atoms with E-state index in [0.717, 1.165) is 27.5 Å². The van der Waals surface area contributed by atoms with Crippen molar-refractivity contribution in [3.8, 4) is 0 Å². The number of aromatic nitrogens is 1. The second-order valence-corrected chi connectivity index (χ2v) is 4.44. The van der Waals surface area contributed by atoms with E-state index < -0.39 is 0 Å². The molecular formula is C11H9BrN2O. The van der Waals surface area contributed by atoms with Gasteiger partial charge in [-0.3, -0.25) is 4.79 Å². The number of rotatable bonds is 0. The molecule has 3 nitrogen and oxygen atoms in total. The Balaban J connectivity index is 2.47. The molecule has 0 saturated heterocycles. The van der Waals surface area contributed by atoms with Gasteiger partial charge in [-0.2, -0.15) is 0 Å². The van der Waals surface area contributed by atoms with Crippen LogP contribution in [0.5, 0.6) is 0 Å². The van der Waals surface area contributed by atoms with Crippen LogP contribution in [-0.2, 0) is 6.42 Å². The summed E-state index contributed by atoms with van der Waals surface area (Å²) in [6.45, 7) is 0.694. The fourth-order valence-electron chi connectivity index (χ4n) is 2.11. The molecule has 1 aliphatic rings. The molecule has 0 fully saturated rings. The average Bonchev–Trinajstić information content (AvgIpc) is 2.43. The molecule has 15 heavy (non-hydrogen) atoms. The lowest BCUT2D eigenvalue weighted by atomic mass is 10.1. The number of hydrogen-bond acceptors (Lipinski definition) is 1. The van der Waals surface area contributed by atoms with Crippen molar-refractivity contribution in [1.29, 1.82) is 0 Å². The van der Waals surface area contributed by atoms with Crippen molar-refractivity contribution in [2.45, 2.75) is 6.42 Å². The number of amides is 1. The Kier molecular flexibility index (Phi) is 1.85. The van der Waals surface area contributed by atoms with Crippen LogP contribution < -0.4 is 5.32 Å². The first-order valence-corrected chi connectivity index (χ1v) is 5.64. The highest BCUT2D eigenvalue weighted by Crippen LogP contribution is 2.30. The highest BCUT2D eigenvalue weighted by Gasteiger charge is 2.19. The second-order valence-electron chi connectivity index (χ2n) is 3.65. The summed E-state index contributed by atoms with van der Waals surface area (Å²) in [4.78, 5) is 15.0. The molecule has 76 valence electrons. The zero-order valence-electron chi connectivity index (χ0n) is 7.93. The minimum Gasteiger partial charge on any atom is -0.352 e. The van der Waals surface area contributed by atoms with Gasteiger partial charge in [0.05, 0.1) is 4.60 Å². The van der Waals surface area contributed by atoms with E-state index in [1.165, 1.54) is 5.56 Å². The van der Waals surface area contributed by atoms with Gasteiger partial charge in [-0.25, -0.2) is 0 Å². The maximum atomic E-state index is 11.8. The van der Waals surface area contributed by atoms with Gasteiger partial charge in [0.2, 0.25) is 0 Å². The summed E-state index contributed by atoms with van der Waals surface area (Å²) in [5.41, 5.74) is 2.98. The molecule has 0 aliphatic carbocycles. The van der Waals surface area contributed by atoms with Crippen molar-refractivity contribution in [1.82, 2.24) is 10.3 Å². The van der Waals surface area contributed by atoms with Crippen molar-refractivity contribution < 1.29 is 4.79 Å². The summed E-state index contributed by atoms with van der Waals surface area (Å²) in [5.74, 6) is 0.0193. The van der Waals surface area contributed by atoms with E-state index in [4.69, 9.17) is 0 Å².